The molecule has 5 nitrogen and oxygen atoms in total. The van der Waals surface area contributed by atoms with E-state index in [0.717, 1.165) is 29.0 Å². The molecule has 0 spiro atoms. The Morgan fingerprint density at radius 3 is 2.54 bits per heavy atom. The SMILES string of the molecule is C=CCn1c(Sc2ccc(C(F)(F)F)nn2)nnc1-c1cccc(C)c1. The molecule has 0 aliphatic carbocycles. The van der Waals surface area contributed by atoms with Crippen LogP contribution in [0.3, 0.4) is 0 Å². The van der Waals surface area contributed by atoms with Gasteiger partial charge in [0.05, 0.1) is 0 Å². The molecule has 2 aromatic heterocycles. The van der Waals surface area contributed by atoms with Crippen LogP contribution >= 0.6 is 11.8 Å². The lowest BCUT2D eigenvalue weighted by atomic mass is 10.1. The Balaban J connectivity index is 1.92. The van der Waals surface area contributed by atoms with E-state index in [4.69, 9.17) is 0 Å². The third-order valence-electron chi connectivity index (χ3n) is 3.43. The second kappa shape index (κ2) is 7.28. The number of rotatable bonds is 5. The van der Waals surface area contributed by atoms with Gasteiger partial charge in [0, 0.05) is 12.1 Å². The van der Waals surface area contributed by atoms with Gasteiger partial charge in [-0.1, -0.05) is 29.8 Å². The summed E-state index contributed by atoms with van der Waals surface area (Å²) in [5, 5.41) is 16.0. The van der Waals surface area contributed by atoms with Crippen molar-refractivity contribution in [2.24, 2.45) is 0 Å². The molecule has 0 atom stereocenters. The quantitative estimate of drug-likeness (QED) is 0.617. The van der Waals surface area contributed by atoms with E-state index in [-0.39, 0.29) is 0 Å². The van der Waals surface area contributed by atoms with Gasteiger partial charge in [0.15, 0.2) is 16.7 Å². The second-order valence-electron chi connectivity index (χ2n) is 5.43. The Labute approximate surface area is 152 Å². The van der Waals surface area contributed by atoms with Crippen LogP contribution in [0.5, 0.6) is 0 Å². The monoisotopic (exact) mass is 377 g/mol. The van der Waals surface area contributed by atoms with Crippen molar-refractivity contribution < 1.29 is 13.2 Å². The molecule has 3 aromatic rings. The van der Waals surface area contributed by atoms with Crippen molar-refractivity contribution in [3.8, 4) is 11.4 Å². The number of aromatic nitrogens is 5. The molecule has 0 aliphatic rings. The number of nitrogens with zero attached hydrogens (tertiary/aromatic N) is 5. The first-order valence-electron chi connectivity index (χ1n) is 7.58. The standard InChI is InChI=1S/C17H14F3N5S/c1-3-9-25-15(12-6-4-5-11(2)10-12)23-24-16(25)26-14-8-7-13(21-22-14)17(18,19)20/h3-8,10H,1,9H2,2H3. The van der Waals surface area contributed by atoms with Crippen molar-refractivity contribution in [3.63, 3.8) is 0 Å². The topological polar surface area (TPSA) is 56.5 Å². The number of halogens is 3. The number of benzene rings is 1. The summed E-state index contributed by atoms with van der Waals surface area (Å²) in [6, 6.07) is 9.96. The van der Waals surface area contributed by atoms with E-state index in [1.807, 2.05) is 35.8 Å². The first-order valence-corrected chi connectivity index (χ1v) is 8.40. The molecular weight excluding hydrogens is 363 g/mol. The van der Waals surface area contributed by atoms with E-state index < -0.39 is 11.9 Å². The summed E-state index contributed by atoms with van der Waals surface area (Å²) in [7, 11) is 0. The Kier molecular flexibility index (Phi) is 5.08. The van der Waals surface area contributed by atoms with Gasteiger partial charge < -0.3 is 0 Å². The summed E-state index contributed by atoms with van der Waals surface area (Å²) in [4.78, 5) is 0. The molecule has 0 N–H and O–H groups in total. The van der Waals surface area contributed by atoms with Crippen LogP contribution in [0.15, 0.2) is 59.2 Å². The molecule has 9 heteroatoms. The van der Waals surface area contributed by atoms with Crippen LogP contribution in [0.25, 0.3) is 11.4 Å². The van der Waals surface area contributed by atoms with Crippen LogP contribution in [0.4, 0.5) is 13.2 Å². The third-order valence-corrected chi connectivity index (χ3v) is 4.34. The van der Waals surface area contributed by atoms with Crippen LogP contribution in [-0.2, 0) is 12.7 Å². The molecule has 0 radical (unpaired) electrons. The van der Waals surface area contributed by atoms with Crippen molar-refractivity contribution in [3.05, 3.63) is 60.3 Å². The predicted octanol–water partition coefficient (Wildman–Crippen LogP) is 4.40. The lowest BCUT2D eigenvalue weighted by Crippen LogP contribution is -2.09. The molecule has 3 rings (SSSR count). The second-order valence-corrected chi connectivity index (χ2v) is 6.42. The number of hydrogen-bond donors (Lipinski definition) is 0. The minimum atomic E-state index is -4.52. The first kappa shape index (κ1) is 18.1. The molecule has 1 aromatic carbocycles. The van der Waals surface area contributed by atoms with Crippen molar-refractivity contribution in [1.82, 2.24) is 25.0 Å². The van der Waals surface area contributed by atoms with Gasteiger partial charge in [0.2, 0.25) is 0 Å². The fourth-order valence-corrected chi connectivity index (χ4v) is 3.03. The minimum Gasteiger partial charge on any atom is -0.298 e. The molecule has 2 heterocycles. The summed E-state index contributed by atoms with van der Waals surface area (Å²) >= 11 is 1.09. The number of alkyl halides is 3. The summed E-state index contributed by atoms with van der Waals surface area (Å²) in [5.41, 5.74) is 0.943. The van der Waals surface area contributed by atoms with Crippen molar-refractivity contribution in [2.45, 2.75) is 29.8 Å². The smallest absolute Gasteiger partial charge is 0.298 e. The highest BCUT2D eigenvalue weighted by atomic mass is 32.2. The van der Waals surface area contributed by atoms with Gasteiger partial charge in [-0.3, -0.25) is 4.57 Å². The zero-order valence-electron chi connectivity index (χ0n) is 13.7. The molecule has 134 valence electrons. The van der Waals surface area contributed by atoms with E-state index in [0.29, 0.717) is 22.6 Å². The maximum Gasteiger partial charge on any atom is 0.435 e. The molecule has 0 amide bonds. The number of aryl methyl sites for hydroxylation is 1. The van der Waals surface area contributed by atoms with Gasteiger partial charge in [-0.2, -0.15) is 13.2 Å². The van der Waals surface area contributed by atoms with Gasteiger partial charge in [-0.25, -0.2) is 0 Å². The summed E-state index contributed by atoms with van der Waals surface area (Å²) < 4.78 is 39.6. The highest BCUT2D eigenvalue weighted by molar-refractivity contribution is 7.99. The van der Waals surface area contributed by atoms with E-state index in [9.17, 15) is 13.2 Å². The number of hydrogen-bond acceptors (Lipinski definition) is 5. The largest absolute Gasteiger partial charge is 0.435 e. The molecule has 0 saturated heterocycles. The molecule has 0 fully saturated rings. The summed E-state index contributed by atoms with van der Waals surface area (Å²) in [6.45, 7) is 6.16. The van der Waals surface area contributed by atoms with Crippen molar-refractivity contribution in [1.29, 1.82) is 0 Å². The lowest BCUT2D eigenvalue weighted by Gasteiger charge is -2.08. The molecule has 0 saturated carbocycles. The van der Waals surface area contributed by atoms with Gasteiger partial charge >= 0.3 is 6.18 Å². The normalized spacial score (nSPS) is 11.5. The minimum absolute atomic E-state index is 0.298. The zero-order chi connectivity index (χ0) is 18.7. The molecular formula is C17H14F3N5S. The van der Waals surface area contributed by atoms with Crippen LogP contribution in [0.2, 0.25) is 0 Å². The average Bonchev–Trinajstić information content (AvgIpc) is 2.98. The van der Waals surface area contributed by atoms with E-state index >= 15 is 0 Å². The highest BCUT2D eigenvalue weighted by Gasteiger charge is 2.33. The van der Waals surface area contributed by atoms with E-state index in [2.05, 4.69) is 27.0 Å². The third kappa shape index (κ3) is 3.93. The maximum absolute atomic E-state index is 12.6. The van der Waals surface area contributed by atoms with E-state index in [1.165, 1.54) is 6.07 Å². The molecule has 0 unspecified atom stereocenters. The van der Waals surface area contributed by atoms with Crippen LogP contribution in [0.1, 0.15) is 11.3 Å². The van der Waals surface area contributed by atoms with Crippen molar-refractivity contribution in [2.75, 3.05) is 0 Å². The van der Waals surface area contributed by atoms with Gasteiger partial charge in [-0.05, 0) is 36.9 Å². The lowest BCUT2D eigenvalue weighted by molar-refractivity contribution is -0.141. The Morgan fingerprint density at radius 1 is 1.12 bits per heavy atom. The molecule has 0 aliphatic heterocycles. The van der Waals surface area contributed by atoms with Crippen LogP contribution in [0, 0.1) is 6.92 Å². The van der Waals surface area contributed by atoms with Crippen LogP contribution < -0.4 is 0 Å². The average molecular weight is 377 g/mol. The van der Waals surface area contributed by atoms with Gasteiger partial charge in [-0.15, -0.1) is 27.0 Å². The molecule has 26 heavy (non-hydrogen) atoms. The first-order chi connectivity index (χ1) is 12.4. The highest BCUT2D eigenvalue weighted by Crippen LogP contribution is 2.31. The fraction of sp³-hybridized carbons (Fsp3) is 0.176. The van der Waals surface area contributed by atoms with Crippen molar-refractivity contribution >= 4 is 11.8 Å². The maximum atomic E-state index is 12.6. The van der Waals surface area contributed by atoms with Gasteiger partial charge in [0.1, 0.15) is 5.03 Å². The zero-order valence-corrected chi connectivity index (χ0v) is 14.6. The summed E-state index contributed by atoms with van der Waals surface area (Å²) in [6.07, 6.45) is -2.82. The Bertz CT molecular complexity index is 919. The number of allylic oxidation sites excluding steroid dienone is 1. The predicted molar refractivity (Wildman–Crippen MR) is 91.5 cm³/mol. The Morgan fingerprint density at radius 2 is 1.92 bits per heavy atom. The summed E-state index contributed by atoms with van der Waals surface area (Å²) in [5.74, 6) is 0.649. The Hall–Kier alpha value is -2.68. The van der Waals surface area contributed by atoms with Crippen LogP contribution in [-0.4, -0.2) is 25.0 Å². The van der Waals surface area contributed by atoms with Gasteiger partial charge in [0.25, 0.3) is 0 Å². The fourth-order valence-electron chi connectivity index (χ4n) is 2.27. The molecule has 0 bridgehead atoms. The van der Waals surface area contributed by atoms with E-state index in [1.54, 1.807) is 6.08 Å².